The molecule has 0 unspecified atom stereocenters. The Morgan fingerprint density at radius 1 is 1.19 bits per heavy atom. The standard InChI is InChI=1S/C11H10F3N3O3S/c1-21(18,19)15-6-7-2-4-8(5-3-7)9-16-17-10(20-9)11(12,13)14/h2-5,15H,6H2,1H3. The number of alkyl halides is 3. The summed E-state index contributed by atoms with van der Waals surface area (Å²) in [6, 6.07) is 6.02. The number of nitrogens with zero attached hydrogens (tertiary/aromatic N) is 2. The van der Waals surface area contributed by atoms with Gasteiger partial charge in [-0.05, 0) is 17.7 Å². The van der Waals surface area contributed by atoms with E-state index < -0.39 is 22.1 Å². The van der Waals surface area contributed by atoms with Gasteiger partial charge in [-0.25, -0.2) is 13.1 Å². The highest BCUT2D eigenvalue weighted by Gasteiger charge is 2.38. The molecule has 0 bridgehead atoms. The number of sulfonamides is 1. The summed E-state index contributed by atoms with van der Waals surface area (Å²) in [6.45, 7) is 0.0801. The predicted molar refractivity (Wildman–Crippen MR) is 66.4 cm³/mol. The summed E-state index contributed by atoms with van der Waals surface area (Å²) in [5.41, 5.74) is 0.945. The fraction of sp³-hybridized carbons (Fsp3) is 0.273. The maximum Gasteiger partial charge on any atom is 0.470 e. The van der Waals surface area contributed by atoms with Gasteiger partial charge in [0.25, 0.3) is 0 Å². The van der Waals surface area contributed by atoms with Crippen LogP contribution in [0, 0.1) is 0 Å². The number of nitrogens with one attached hydrogen (secondary N) is 1. The Hall–Kier alpha value is -1.94. The van der Waals surface area contributed by atoms with E-state index in [0.717, 1.165) is 6.26 Å². The highest BCUT2D eigenvalue weighted by atomic mass is 32.2. The van der Waals surface area contributed by atoms with Gasteiger partial charge in [-0.15, -0.1) is 10.2 Å². The Labute approximate surface area is 118 Å². The van der Waals surface area contributed by atoms with Crippen LogP contribution in [0.25, 0.3) is 11.5 Å². The molecule has 1 heterocycles. The highest BCUT2D eigenvalue weighted by molar-refractivity contribution is 7.88. The van der Waals surface area contributed by atoms with E-state index in [4.69, 9.17) is 0 Å². The molecule has 0 amide bonds. The molecule has 10 heteroatoms. The van der Waals surface area contributed by atoms with Crippen molar-refractivity contribution in [2.45, 2.75) is 12.7 Å². The first-order chi connectivity index (χ1) is 9.65. The van der Waals surface area contributed by atoms with E-state index in [0.29, 0.717) is 11.1 Å². The molecule has 1 N–H and O–H groups in total. The van der Waals surface area contributed by atoms with Gasteiger partial charge in [0.15, 0.2) is 0 Å². The second-order valence-electron chi connectivity index (χ2n) is 4.20. The largest absolute Gasteiger partial charge is 0.470 e. The Morgan fingerprint density at radius 2 is 1.81 bits per heavy atom. The van der Waals surface area contributed by atoms with Crippen molar-refractivity contribution in [3.63, 3.8) is 0 Å². The van der Waals surface area contributed by atoms with Crippen LogP contribution in [0.15, 0.2) is 28.7 Å². The first-order valence-corrected chi connectivity index (χ1v) is 7.49. The molecule has 2 rings (SSSR count). The lowest BCUT2D eigenvalue weighted by atomic mass is 10.1. The number of rotatable bonds is 4. The molecule has 114 valence electrons. The average Bonchev–Trinajstić information content (AvgIpc) is 2.85. The molecule has 21 heavy (non-hydrogen) atoms. The number of hydrogen-bond acceptors (Lipinski definition) is 5. The van der Waals surface area contributed by atoms with Crippen LogP contribution in [0.2, 0.25) is 0 Å². The summed E-state index contributed by atoms with van der Waals surface area (Å²) < 4.78 is 65.7. The van der Waals surface area contributed by atoms with Crippen LogP contribution >= 0.6 is 0 Å². The Kier molecular flexibility index (Phi) is 4.01. The third-order valence-corrected chi connectivity index (χ3v) is 3.08. The summed E-state index contributed by atoms with van der Waals surface area (Å²) >= 11 is 0. The minimum Gasteiger partial charge on any atom is -0.413 e. The van der Waals surface area contributed by atoms with Gasteiger partial charge in [0, 0.05) is 12.1 Å². The lowest BCUT2D eigenvalue weighted by molar-refractivity contribution is -0.156. The lowest BCUT2D eigenvalue weighted by Gasteiger charge is -2.03. The zero-order chi connectivity index (χ0) is 15.7. The Balaban J connectivity index is 2.14. The van der Waals surface area contributed by atoms with Crippen LogP contribution in [0.3, 0.4) is 0 Å². The van der Waals surface area contributed by atoms with Gasteiger partial charge >= 0.3 is 12.1 Å². The first kappa shape index (κ1) is 15.4. The Bertz CT molecular complexity index is 723. The van der Waals surface area contributed by atoms with Crippen LogP contribution in [0.1, 0.15) is 11.5 Å². The molecular formula is C11H10F3N3O3S. The smallest absolute Gasteiger partial charge is 0.413 e. The molecule has 0 aliphatic rings. The van der Waals surface area contributed by atoms with E-state index in [2.05, 4.69) is 19.3 Å². The normalized spacial score (nSPS) is 12.6. The van der Waals surface area contributed by atoms with Crippen molar-refractivity contribution in [1.29, 1.82) is 0 Å². The van der Waals surface area contributed by atoms with Crippen LogP contribution in [-0.4, -0.2) is 24.9 Å². The number of aromatic nitrogens is 2. The molecule has 6 nitrogen and oxygen atoms in total. The number of halogens is 3. The monoisotopic (exact) mass is 321 g/mol. The molecule has 2 aromatic rings. The minimum absolute atomic E-state index is 0.0801. The van der Waals surface area contributed by atoms with Crippen molar-refractivity contribution in [1.82, 2.24) is 14.9 Å². The van der Waals surface area contributed by atoms with Crippen LogP contribution in [-0.2, 0) is 22.7 Å². The van der Waals surface area contributed by atoms with Gasteiger partial charge in [-0.3, -0.25) is 0 Å². The third-order valence-electron chi connectivity index (χ3n) is 2.41. The molecular weight excluding hydrogens is 311 g/mol. The third kappa shape index (κ3) is 4.26. The quantitative estimate of drug-likeness (QED) is 0.928. The van der Waals surface area contributed by atoms with Gasteiger partial charge in [0.05, 0.1) is 6.26 Å². The SMILES string of the molecule is CS(=O)(=O)NCc1ccc(-c2nnc(C(F)(F)F)o2)cc1. The first-order valence-electron chi connectivity index (χ1n) is 5.60. The van der Waals surface area contributed by atoms with Gasteiger partial charge in [0.1, 0.15) is 0 Å². The van der Waals surface area contributed by atoms with Crippen LogP contribution in [0.4, 0.5) is 13.2 Å². The van der Waals surface area contributed by atoms with Crippen molar-refractivity contribution < 1.29 is 26.0 Å². The highest BCUT2D eigenvalue weighted by Crippen LogP contribution is 2.30. The number of benzene rings is 1. The van der Waals surface area contributed by atoms with E-state index in [1.807, 2.05) is 0 Å². The van der Waals surface area contributed by atoms with Gasteiger partial charge in [-0.2, -0.15) is 13.2 Å². The van der Waals surface area contributed by atoms with Crippen molar-refractivity contribution in [2.24, 2.45) is 0 Å². The van der Waals surface area contributed by atoms with E-state index >= 15 is 0 Å². The fourth-order valence-electron chi connectivity index (χ4n) is 1.43. The van der Waals surface area contributed by atoms with Gasteiger partial charge in [0.2, 0.25) is 15.9 Å². The lowest BCUT2D eigenvalue weighted by Crippen LogP contribution is -2.21. The van der Waals surface area contributed by atoms with E-state index in [1.165, 1.54) is 12.1 Å². The Morgan fingerprint density at radius 3 is 2.29 bits per heavy atom. The second kappa shape index (κ2) is 5.45. The number of hydrogen-bond donors (Lipinski definition) is 1. The van der Waals surface area contributed by atoms with Crippen molar-refractivity contribution in [3.05, 3.63) is 35.7 Å². The molecule has 0 spiro atoms. The fourth-order valence-corrected chi connectivity index (χ4v) is 1.86. The van der Waals surface area contributed by atoms with Gasteiger partial charge in [-0.1, -0.05) is 12.1 Å². The zero-order valence-electron chi connectivity index (χ0n) is 10.7. The van der Waals surface area contributed by atoms with Crippen LogP contribution < -0.4 is 4.72 Å². The van der Waals surface area contributed by atoms with E-state index in [-0.39, 0.29) is 12.4 Å². The van der Waals surface area contributed by atoms with E-state index in [1.54, 1.807) is 12.1 Å². The molecule has 0 fully saturated rings. The topological polar surface area (TPSA) is 85.1 Å². The average molecular weight is 321 g/mol. The van der Waals surface area contributed by atoms with Crippen LogP contribution in [0.5, 0.6) is 0 Å². The summed E-state index contributed by atoms with van der Waals surface area (Å²) in [5.74, 6) is -1.68. The maximum atomic E-state index is 12.3. The molecule has 1 aromatic carbocycles. The molecule has 0 saturated carbocycles. The summed E-state index contributed by atoms with van der Waals surface area (Å²) in [7, 11) is -3.31. The molecule has 0 aliphatic heterocycles. The van der Waals surface area contributed by atoms with Gasteiger partial charge < -0.3 is 4.42 Å². The second-order valence-corrected chi connectivity index (χ2v) is 6.03. The van der Waals surface area contributed by atoms with E-state index in [9.17, 15) is 21.6 Å². The molecule has 0 saturated heterocycles. The zero-order valence-corrected chi connectivity index (χ0v) is 11.5. The minimum atomic E-state index is -4.69. The molecule has 1 aromatic heterocycles. The summed E-state index contributed by atoms with van der Waals surface area (Å²) in [6.07, 6.45) is -3.66. The summed E-state index contributed by atoms with van der Waals surface area (Å²) in [5, 5.41) is 6.24. The van der Waals surface area contributed by atoms with Crippen molar-refractivity contribution in [3.8, 4) is 11.5 Å². The predicted octanol–water partition coefficient (Wildman–Crippen LogP) is 1.80. The maximum absolute atomic E-state index is 12.3. The molecule has 0 aliphatic carbocycles. The van der Waals surface area contributed by atoms with Crippen molar-refractivity contribution >= 4 is 10.0 Å². The molecule has 0 atom stereocenters. The van der Waals surface area contributed by atoms with Crippen molar-refractivity contribution in [2.75, 3.05) is 6.26 Å². The summed E-state index contributed by atoms with van der Waals surface area (Å²) in [4.78, 5) is 0. The molecule has 0 radical (unpaired) electrons.